The molecule has 1 aliphatic rings. The number of ether oxygens (including phenoxy) is 2. The van der Waals surface area contributed by atoms with E-state index >= 15 is 0 Å². The fraction of sp³-hybridized carbons (Fsp3) is 0.556. The number of carbonyl (C=O) groups is 1. The highest BCUT2D eigenvalue weighted by Crippen LogP contribution is 2.38. The van der Waals surface area contributed by atoms with Crippen LogP contribution in [0.5, 0.6) is 0 Å². The van der Waals surface area contributed by atoms with Crippen LogP contribution in [0.4, 0.5) is 0 Å². The van der Waals surface area contributed by atoms with Crippen molar-refractivity contribution in [1.29, 1.82) is 5.26 Å². The average Bonchev–Trinajstić information content (AvgIpc) is 2.70. The lowest BCUT2D eigenvalue weighted by Crippen LogP contribution is -2.47. The molecule has 0 aliphatic carbocycles. The van der Waals surface area contributed by atoms with Gasteiger partial charge in [-0.25, -0.2) is 4.79 Å². The van der Waals surface area contributed by atoms with Gasteiger partial charge >= 0.3 is 5.97 Å². The number of carbonyl (C=O) groups excluding carboxylic acids is 1. The number of rotatable bonds is 4. The molecule has 0 radical (unpaired) electrons. The Morgan fingerprint density at radius 3 is 2.65 bits per heavy atom. The van der Waals surface area contributed by atoms with Gasteiger partial charge in [0.25, 0.3) is 0 Å². The van der Waals surface area contributed by atoms with Crippen LogP contribution in [0.15, 0.2) is 24.3 Å². The van der Waals surface area contributed by atoms with Crippen molar-refractivity contribution in [3.63, 3.8) is 0 Å². The number of esters is 1. The summed E-state index contributed by atoms with van der Waals surface area (Å²) in [7, 11) is 1.37. The molecule has 0 amide bonds. The van der Waals surface area contributed by atoms with Crippen molar-refractivity contribution in [3.8, 4) is 6.07 Å². The molecule has 5 nitrogen and oxygen atoms in total. The van der Waals surface area contributed by atoms with Crippen LogP contribution >= 0.6 is 0 Å². The van der Waals surface area contributed by atoms with Crippen molar-refractivity contribution in [2.24, 2.45) is 0 Å². The second-order valence-electron chi connectivity index (χ2n) is 7.08. The van der Waals surface area contributed by atoms with Gasteiger partial charge in [-0.1, -0.05) is 12.1 Å². The van der Waals surface area contributed by atoms with Crippen LogP contribution < -0.4 is 5.32 Å². The summed E-state index contributed by atoms with van der Waals surface area (Å²) >= 11 is 0. The van der Waals surface area contributed by atoms with Crippen LogP contribution in [0.1, 0.15) is 51.3 Å². The van der Waals surface area contributed by atoms with Crippen LogP contribution in [-0.4, -0.2) is 30.3 Å². The quantitative estimate of drug-likeness (QED) is 0.865. The van der Waals surface area contributed by atoms with E-state index in [9.17, 15) is 4.79 Å². The van der Waals surface area contributed by atoms with Gasteiger partial charge in [0.15, 0.2) is 0 Å². The summed E-state index contributed by atoms with van der Waals surface area (Å²) in [4.78, 5) is 12.3. The monoisotopic (exact) mass is 316 g/mol. The minimum absolute atomic E-state index is 0.00709. The van der Waals surface area contributed by atoms with Gasteiger partial charge in [-0.3, -0.25) is 5.32 Å². The molecule has 23 heavy (non-hydrogen) atoms. The number of nitrogens with zero attached hydrogens (tertiary/aromatic N) is 1. The van der Waals surface area contributed by atoms with E-state index < -0.39 is 11.6 Å². The number of nitrogens with one attached hydrogen (secondary N) is 1. The van der Waals surface area contributed by atoms with Gasteiger partial charge in [-0.05, 0) is 51.8 Å². The van der Waals surface area contributed by atoms with Crippen molar-refractivity contribution < 1.29 is 14.3 Å². The van der Waals surface area contributed by atoms with Gasteiger partial charge in [0.1, 0.15) is 6.04 Å². The highest BCUT2D eigenvalue weighted by molar-refractivity contribution is 5.77. The standard InChI is InChI=1S/C18H24N2O3/c1-17(2)10-14(18(3,4)23-17)20-15(16(21)22-5)13-8-6-7-12(9-13)11-19/h6-9,14-15,20H,10H2,1-5H3. The van der Waals surface area contributed by atoms with Crippen LogP contribution in [0.25, 0.3) is 0 Å². The molecule has 1 N–H and O–H groups in total. The summed E-state index contributed by atoms with van der Waals surface area (Å²) in [5, 5.41) is 12.4. The number of benzene rings is 1. The van der Waals surface area contributed by atoms with E-state index in [0.29, 0.717) is 5.56 Å². The van der Waals surface area contributed by atoms with Crippen LogP contribution in [0.3, 0.4) is 0 Å². The van der Waals surface area contributed by atoms with Crippen molar-refractivity contribution >= 4 is 5.97 Å². The third kappa shape index (κ3) is 3.90. The number of methoxy groups -OCH3 is 1. The fourth-order valence-corrected chi connectivity index (χ4v) is 3.23. The first-order valence-corrected chi connectivity index (χ1v) is 7.72. The van der Waals surface area contributed by atoms with Crippen molar-refractivity contribution in [1.82, 2.24) is 5.32 Å². The third-order valence-electron chi connectivity index (χ3n) is 4.23. The Labute approximate surface area is 137 Å². The molecule has 0 bridgehead atoms. The van der Waals surface area contributed by atoms with E-state index in [1.165, 1.54) is 7.11 Å². The minimum atomic E-state index is -0.630. The van der Waals surface area contributed by atoms with Crippen molar-refractivity contribution in [2.45, 2.75) is 57.4 Å². The van der Waals surface area contributed by atoms with E-state index in [-0.39, 0.29) is 17.6 Å². The first-order valence-electron chi connectivity index (χ1n) is 7.72. The predicted octanol–water partition coefficient (Wildman–Crippen LogP) is 2.71. The van der Waals surface area contributed by atoms with Crippen molar-refractivity contribution in [2.75, 3.05) is 7.11 Å². The molecular formula is C18H24N2O3. The SMILES string of the molecule is COC(=O)C(NC1CC(C)(C)OC1(C)C)c1cccc(C#N)c1. The topological polar surface area (TPSA) is 71.3 Å². The lowest BCUT2D eigenvalue weighted by atomic mass is 9.92. The molecule has 1 aromatic rings. The lowest BCUT2D eigenvalue weighted by molar-refractivity contribution is -0.144. The van der Waals surface area contributed by atoms with E-state index in [1.807, 2.05) is 33.8 Å². The molecule has 1 heterocycles. The Kier molecular flexibility index (Phi) is 4.79. The molecule has 124 valence electrons. The zero-order valence-electron chi connectivity index (χ0n) is 14.3. The molecule has 1 aromatic carbocycles. The Morgan fingerprint density at radius 2 is 2.13 bits per heavy atom. The normalized spacial score (nSPS) is 23.0. The minimum Gasteiger partial charge on any atom is -0.468 e. The summed E-state index contributed by atoms with van der Waals surface area (Å²) in [6.45, 7) is 8.11. The number of nitriles is 1. The summed E-state index contributed by atoms with van der Waals surface area (Å²) in [5.74, 6) is -0.374. The third-order valence-corrected chi connectivity index (χ3v) is 4.23. The lowest BCUT2D eigenvalue weighted by Gasteiger charge is -2.30. The summed E-state index contributed by atoms with van der Waals surface area (Å²) in [6.07, 6.45) is 0.783. The molecule has 5 heteroatoms. The Bertz CT molecular complexity index is 631. The van der Waals surface area contributed by atoms with Gasteiger partial charge in [0.2, 0.25) is 0 Å². The molecule has 2 rings (SSSR count). The van der Waals surface area contributed by atoms with Gasteiger partial charge in [-0.15, -0.1) is 0 Å². The van der Waals surface area contributed by atoms with Gasteiger partial charge in [0.05, 0.1) is 29.9 Å². The van der Waals surface area contributed by atoms with Gasteiger partial charge in [0, 0.05) is 6.04 Å². The van der Waals surface area contributed by atoms with E-state index in [0.717, 1.165) is 12.0 Å². The second-order valence-corrected chi connectivity index (χ2v) is 7.08. The van der Waals surface area contributed by atoms with Gasteiger partial charge < -0.3 is 9.47 Å². The van der Waals surface area contributed by atoms with E-state index in [2.05, 4.69) is 11.4 Å². The Hall–Kier alpha value is -1.90. The van der Waals surface area contributed by atoms with Crippen LogP contribution in [0, 0.1) is 11.3 Å². The summed E-state index contributed by atoms with van der Waals surface area (Å²) < 4.78 is 11.0. The average molecular weight is 316 g/mol. The van der Waals surface area contributed by atoms with Gasteiger partial charge in [-0.2, -0.15) is 5.26 Å². The van der Waals surface area contributed by atoms with E-state index in [4.69, 9.17) is 14.7 Å². The summed E-state index contributed by atoms with van der Waals surface area (Å²) in [6, 6.07) is 8.48. The molecule has 1 saturated heterocycles. The molecule has 2 atom stereocenters. The highest BCUT2D eigenvalue weighted by atomic mass is 16.5. The zero-order chi connectivity index (χ0) is 17.3. The molecule has 1 aliphatic heterocycles. The second kappa shape index (κ2) is 6.31. The smallest absolute Gasteiger partial charge is 0.327 e. The molecule has 0 saturated carbocycles. The van der Waals surface area contributed by atoms with Crippen molar-refractivity contribution in [3.05, 3.63) is 35.4 Å². The maximum absolute atomic E-state index is 12.3. The van der Waals surface area contributed by atoms with E-state index in [1.54, 1.807) is 18.2 Å². The predicted molar refractivity (Wildman–Crippen MR) is 86.7 cm³/mol. The Balaban J connectivity index is 2.30. The number of hydrogen-bond acceptors (Lipinski definition) is 5. The molecule has 2 unspecified atom stereocenters. The molecule has 0 aromatic heterocycles. The highest BCUT2D eigenvalue weighted by Gasteiger charge is 2.47. The zero-order valence-corrected chi connectivity index (χ0v) is 14.3. The molecular weight excluding hydrogens is 292 g/mol. The maximum atomic E-state index is 12.3. The Morgan fingerprint density at radius 1 is 1.43 bits per heavy atom. The maximum Gasteiger partial charge on any atom is 0.327 e. The van der Waals surface area contributed by atoms with Crippen LogP contribution in [0.2, 0.25) is 0 Å². The first kappa shape index (κ1) is 17.5. The fourth-order valence-electron chi connectivity index (χ4n) is 3.23. The molecule has 1 fully saturated rings. The van der Waals surface area contributed by atoms with Crippen LogP contribution in [-0.2, 0) is 14.3 Å². The molecule has 0 spiro atoms. The number of hydrogen-bond donors (Lipinski definition) is 1. The first-order chi connectivity index (χ1) is 10.7. The summed E-state index contributed by atoms with van der Waals surface area (Å²) in [5.41, 5.74) is 0.579. The largest absolute Gasteiger partial charge is 0.468 e.